The SMILES string of the molecule is COC(=O)[C@@H]1C[C@@H]([C@H]2c3cccc(Cl)c3CN2C(=O)O)CN1C(=O)CCCNC(=S)N(C)C. The lowest BCUT2D eigenvalue weighted by molar-refractivity contribution is -0.151. The first-order valence-electron chi connectivity index (χ1n) is 10.7. The van der Waals surface area contributed by atoms with Crippen molar-refractivity contribution >= 4 is 46.9 Å². The normalized spacial score (nSPS) is 21.5. The minimum Gasteiger partial charge on any atom is -0.467 e. The Bertz CT molecular complexity index is 943. The van der Waals surface area contributed by atoms with E-state index >= 15 is 0 Å². The van der Waals surface area contributed by atoms with E-state index in [0.717, 1.165) is 11.1 Å². The summed E-state index contributed by atoms with van der Waals surface area (Å²) in [7, 11) is 4.96. The fourth-order valence-corrected chi connectivity index (χ4v) is 4.96. The highest BCUT2D eigenvalue weighted by Crippen LogP contribution is 2.45. The molecule has 1 aromatic rings. The van der Waals surface area contributed by atoms with Gasteiger partial charge in [-0.05, 0) is 42.3 Å². The van der Waals surface area contributed by atoms with Crippen LogP contribution in [0.2, 0.25) is 5.02 Å². The van der Waals surface area contributed by atoms with Crippen molar-refractivity contribution in [1.82, 2.24) is 20.0 Å². The zero-order chi connectivity index (χ0) is 24.3. The van der Waals surface area contributed by atoms with Crippen LogP contribution in [0.1, 0.15) is 36.4 Å². The van der Waals surface area contributed by atoms with E-state index in [1.54, 1.807) is 17.0 Å². The van der Waals surface area contributed by atoms with Crippen molar-refractivity contribution in [2.75, 3.05) is 34.3 Å². The van der Waals surface area contributed by atoms with Crippen LogP contribution < -0.4 is 5.32 Å². The first kappa shape index (κ1) is 25.0. The summed E-state index contributed by atoms with van der Waals surface area (Å²) < 4.78 is 4.95. The molecule has 1 aromatic carbocycles. The van der Waals surface area contributed by atoms with Crippen molar-refractivity contribution < 1.29 is 24.2 Å². The standard InChI is InChI=1S/C22H29ClN4O5S/c1-25(2)21(33)24-9-5-8-18(28)26-11-13(10-17(26)20(29)32-3)19-14-6-4-7-16(23)15(14)12-27(19)22(30)31/h4,6-7,13,17,19H,5,8-12H2,1-3H3,(H,24,33)(H,30,31)/t13-,17+,19+/m1/s1. The second-order valence-corrected chi connectivity index (χ2v) is 9.27. The molecule has 0 bridgehead atoms. The van der Waals surface area contributed by atoms with Gasteiger partial charge >= 0.3 is 12.1 Å². The molecule has 0 aromatic heterocycles. The monoisotopic (exact) mass is 496 g/mol. The fraction of sp³-hybridized carbons (Fsp3) is 0.545. The van der Waals surface area contributed by atoms with Crippen molar-refractivity contribution in [2.24, 2.45) is 5.92 Å². The lowest BCUT2D eigenvalue weighted by Gasteiger charge is -2.28. The van der Waals surface area contributed by atoms with Crippen molar-refractivity contribution in [1.29, 1.82) is 0 Å². The number of thiocarbonyl (C=S) groups is 1. The molecule has 2 heterocycles. The molecule has 33 heavy (non-hydrogen) atoms. The molecule has 0 aliphatic carbocycles. The van der Waals surface area contributed by atoms with Crippen molar-refractivity contribution in [2.45, 2.75) is 37.9 Å². The maximum Gasteiger partial charge on any atom is 0.408 e. The molecule has 0 saturated carbocycles. The van der Waals surface area contributed by atoms with E-state index in [4.69, 9.17) is 28.6 Å². The van der Waals surface area contributed by atoms with Crippen molar-refractivity contribution in [3.63, 3.8) is 0 Å². The van der Waals surface area contributed by atoms with Crippen LogP contribution in [-0.2, 0) is 20.9 Å². The predicted octanol–water partition coefficient (Wildman–Crippen LogP) is 2.48. The van der Waals surface area contributed by atoms with Gasteiger partial charge in [-0.3, -0.25) is 9.69 Å². The molecule has 0 unspecified atom stereocenters. The molecule has 1 fully saturated rings. The summed E-state index contributed by atoms with van der Waals surface area (Å²) in [6.07, 6.45) is 0.0424. The first-order chi connectivity index (χ1) is 15.6. The van der Waals surface area contributed by atoms with Gasteiger partial charge in [-0.25, -0.2) is 9.59 Å². The van der Waals surface area contributed by atoms with Gasteiger partial charge in [0.2, 0.25) is 5.91 Å². The number of amides is 2. The number of hydrogen-bond acceptors (Lipinski definition) is 5. The molecule has 2 N–H and O–H groups in total. The van der Waals surface area contributed by atoms with E-state index in [1.165, 1.54) is 16.9 Å². The highest BCUT2D eigenvalue weighted by molar-refractivity contribution is 7.80. The van der Waals surface area contributed by atoms with Crippen molar-refractivity contribution in [3.05, 3.63) is 34.3 Å². The average molecular weight is 497 g/mol. The van der Waals surface area contributed by atoms with E-state index < -0.39 is 24.1 Å². The number of carboxylic acid groups (broad SMARTS) is 1. The van der Waals surface area contributed by atoms with Crippen LogP contribution in [0.5, 0.6) is 0 Å². The Balaban J connectivity index is 1.75. The molecule has 180 valence electrons. The molecule has 1 saturated heterocycles. The number of esters is 1. The summed E-state index contributed by atoms with van der Waals surface area (Å²) in [6.45, 7) is 0.979. The molecule has 0 spiro atoms. The van der Waals surface area contributed by atoms with Gasteiger partial charge in [0.1, 0.15) is 6.04 Å². The van der Waals surface area contributed by atoms with E-state index in [1.807, 2.05) is 20.2 Å². The molecule has 0 radical (unpaired) electrons. The van der Waals surface area contributed by atoms with Crippen LogP contribution in [0, 0.1) is 5.92 Å². The Morgan fingerprint density at radius 1 is 1.30 bits per heavy atom. The van der Waals surface area contributed by atoms with Crippen molar-refractivity contribution in [3.8, 4) is 0 Å². The van der Waals surface area contributed by atoms with Gasteiger partial charge in [-0.2, -0.15) is 0 Å². The van der Waals surface area contributed by atoms with Crippen LogP contribution in [0.3, 0.4) is 0 Å². The zero-order valence-corrected chi connectivity index (χ0v) is 20.5. The maximum atomic E-state index is 13.0. The Labute approximate surface area is 203 Å². The van der Waals surface area contributed by atoms with E-state index in [-0.39, 0.29) is 31.3 Å². The van der Waals surface area contributed by atoms with Gasteiger partial charge in [0.05, 0.1) is 19.7 Å². The highest BCUT2D eigenvalue weighted by atomic mass is 35.5. The third kappa shape index (κ3) is 5.33. The number of hydrogen-bond donors (Lipinski definition) is 2. The molecule has 3 atom stereocenters. The zero-order valence-electron chi connectivity index (χ0n) is 18.9. The fourth-order valence-electron chi connectivity index (χ4n) is 4.62. The van der Waals surface area contributed by atoms with Crippen LogP contribution >= 0.6 is 23.8 Å². The summed E-state index contributed by atoms with van der Waals surface area (Å²) >= 11 is 11.5. The van der Waals surface area contributed by atoms with E-state index in [0.29, 0.717) is 29.5 Å². The number of nitrogens with one attached hydrogen (secondary N) is 1. The topological polar surface area (TPSA) is 102 Å². The van der Waals surface area contributed by atoms with Crippen LogP contribution in [-0.4, -0.2) is 83.2 Å². The number of rotatable bonds is 6. The number of carbonyl (C=O) groups excluding carboxylic acids is 2. The first-order valence-corrected chi connectivity index (χ1v) is 11.5. The molecular weight excluding hydrogens is 468 g/mol. The minimum absolute atomic E-state index is 0.170. The Morgan fingerprint density at radius 3 is 2.67 bits per heavy atom. The Kier molecular flexibility index (Phi) is 8.01. The molecule has 3 rings (SSSR count). The number of fused-ring (bicyclic) bond motifs is 1. The number of carbonyl (C=O) groups is 3. The second kappa shape index (κ2) is 10.6. The summed E-state index contributed by atoms with van der Waals surface area (Å²) in [5.74, 6) is -0.922. The Morgan fingerprint density at radius 2 is 2.03 bits per heavy atom. The summed E-state index contributed by atoms with van der Waals surface area (Å²) in [5.41, 5.74) is 1.60. The van der Waals surface area contributed by atoms with Crippen LogP contribution in [0.4, 0.5) is 4.79 Å². The van der Waals surface area contributed by atoms with Gasteiger partial charge < -0.3 is 25.0 Å². The predicted molar refractivity (Wildman–Crippen MR) is 127 cm³/mol. The van der Waals surface area contributed by atoms with Gasteiger partial charge in [0, 0.05) is 44.5 Å². The third-order valence-corrected chi connectivity index (χ3v) is 7.07. The molecular formula is C22H29ClN4O5S. The largest absolute Gasteiger partial charge is 0.467 e. The molecule has 9 nitrogen and oxygen atoms in total. The number of nitrogens with zero attached hydrogens (tertiary/aromatic N) is 3. The molecule has 2 aliphatic heterocycles. The van der Waals surface area contributed by atoms with Gasteiger partial charge in [0.25, 0.3) is 0 Å². The molecule has 2 aliphatic rings. The van der Waals surface area contributed by atoms with Gasteiger partial charge in [-0.1, -0.05) is 23.7 Å². The lowest BCUT2D eigenvalue weighted by atomic mass is 9.90. The number of methoxy groups -OCH3 is 1. The number of ether oxygens (including phenoxy) is 1. The maximum absolute atomic E-state index is 13.0. The quantitative estimate of drug-likeness (QED) is 0.352. The minimum atomic E-state index is -1.06. The van der Waals surface area contributed by atoms with E-state index in [9.17, 15) is 19.5 Å². The number of likely N-dealkylation sites (tertiary alicyclic amines) is 1. The van der Waals surface area contributed by atoms with E-state index in [2.05, 4.69) is 5.32 Å². The van der Waals surface area contributed by atoms with Gasteiger partial charge in [-0.15, -0.1) is 0 Å². The number of benzene rings is 1. The second-order valence-electron chi connectivity index (χ2n) is 8.47. The average Bonchev–Trinajstić information content (AvgIpc) is 3.38. The van der Waals surface area contributed by atoms with Gasteiger partial charge in [0.15, 0.2) is 5.11 Å². The number of halogens is 1. The summed E-state index contributed by atoms with van der Waals surface area (Å²) in [4.78, 5) is 42.2. The smallest absolute Gasteiger partial charge is 0.408 e. The van der Waals surface area contributed by atoms with Crippen LogP contribution in [0.25, 0.3) is 0 Å². The summed E-state index contributed by atoms with van der Waals surface area (Å²) in [5, 5.41) is 14.0. The molecule has 2 amide bonds. The lowest BCUT2D eigenvalue weighted by Crippen LogP contribution is -2.41. The van der Waals surface area contributed by atoms with Crippen LogP contribution in [0.15, 0.2) is 18.2 Å². The molecule has 11 heteroatoms. The third-order valence-electron chi connectivity index (χ3n) is 6.21. The highest BCUT2D eigenvalue weighted by Gasteiger charge is 2.48. The Hall–Kier alpha value is -2.59. The summed E-state index contributed by atoms with van der Waals surface area (Å²) in [6, 6.07) is 4.16.